The average Bonchev–Trinajstić information content (AvgIpc) is 3.90. The molecule has 334 valence electrons. The Labute approximate surface area is 370 Å². The zero-order valence-corrected chi connectivity index (χ0v) is 36.1. The Morgan fingerprint density at radius 1 is 0.578 bits per heavy atom. The van der Waals surface area contributed by atoms with Gasteiger partial charge in [-0.3, -0.25) is 19.2 Å². The van der Waals surface area contributed by atoms with Gasteiger partial charge in [0.2, 0.25) is 11.8 Å². The normalized spacial score (nSPS) is 26.2. The van der Waals surface area contributed by atoms with Crippen molar-refractivity contribution in [2.45, 2.75) is 113 Å². The first-order valence-electron chi connectivity index (χ1n) is 22.7. The van der Waals surface area contributed by atoms with E-state index in [2.05, 4.69) is 69.1 Å². The van der Waals surface area contributed by atoms with E-state index in [1.807, 2.05) is 22.2 Å². The molecule has 2 aromatic carbocycles. The van der Waals surface area contributed by atoms with Crippen molar-refractivity contribution in [1.29, 1.82) is 0 Å². The second-order valence-corrected chi connectivity index (χ2v) is 18.6. The maximum atomic E-state index is 14.2. The summed E-state index contributed by atoms with van der Waals surface area (Å²) in [5.74, 6) is 2.05. The van der Waals surface area contributed by atoms with E-state index < -0.39 is 24.3 Å². The molecule has 4 aromatic rings. The number of carbonyl (C=O) groups is 6. The fourth-order valence-electron chi connectivity index (χ4n) is 11.1. The van der Waals surface area contributed by atoms with E-state index in [1.54, 1.807) is 0 Å². The van der Waals surface area contributed by atoms with Crippen LogP contribution in [0, 0.1) is 23.7 Å². The van der Waals surface area contributed by atoms with E-state index in [0.29, 0.717) is 63.2 Å². The number of hydrogen-bond acceptors (Lipinski definition) is 10. The molecule has 0 spiro atoms. The molecule has 4 aliphatic carbocycles. The van der Waals surface area contributed by atoms with Gasteiger partial charge in [-0.2, -0.15) is 0 Å². The number of H-pyrrole nitrogens is 2. The topological polar surface area (TPSA) is 209 Å². The molecule has 4 N–H and O–H groups in total. The minimum absolute atomic E-state index is 0.107. The Morgan fingerprint density at radius 3 is 1.30 bits per heavy atom. The molecule has 4 saturated carbocycles. The van der Waals surface area contributed by atoms with Crippen molar-refractivity contribution in [3.63, 3.8) is 0 Å². The van der Waals surface area contributed by atoms with E-state index in [4.69, 9.17) is 19.4 Å². The standard InChI is InChI=1S/C48H54N8O8/c1-63-47(61)53-41(29-11-15-33(57)16-12-29)45(59)55-37-19-31(37)21-39(55)43-49-23-35(51-43)27-7-3-25(4-8-27)26-5-9-28(10-6-26)36-24-50-44(52-36)40-22-32-20-38(32)56(40)46(60)42(54-48(62)64-2)30-13-17-34(58)18-14-30/h3-10,23-24,29-32,37-42H,11-22H2,1-2H3,(H,49,51)(H,50,52)(H,53,61)(H,54,62)/t31-,32-,37-,38-,39+,40+,41+,42+/m1/s1. The lowest BCUT2D eigenvalue weighted by molar-refractivity contribution is -0.138. The molecule has 0 radical (unpaired) electrons. The number of carbonyl (C=O) groups excluding carboxylic acids is 6. The van der Waals surface area contributed by atoms with Gasteiger partial charge in [-0.25, -0.2) is 19.6 Å². The number of likely N-dealkylation sites (tertiary alicyclic amines) is 2. The third-order valence-electron chi connectivity index (χ3n) is 14.8. The number of Topliss-reactive ketones (excluding diaryl/α,β-unsaturated/α-hetero) is 2. The SMILES string of the molecule is COC(=O)N[C@H](C(=O)N1[C@@H]2C[C@@H]2C[C@H]1c1ncc(-c2ccc(-c3ccc(-c4cnc([C@@H]5C[C@H]6C[C@H]6N5C(=O)[C@@H](NC(=O)OC)C5CCC(=O)CC5)[nH]4)cc3)cc2)[nH]1)C1CCC(=O)CC1. The van der Waals surface area contributed by atoms with E-state index in [0.717, 1.165) is 71.0 Å². The fourth-order valence-corrected chi connectivity index (χ4v) is 11.1. The summed E-state index contributed by atoms with van der Waals surface area (Å²) < 4.78 is 9.78. The molecule has 6 aliphatic rings. The highest BCUT2D eigenvalue weighted by Gasteiger charge is 2.58. The van der Waals surface area contributed by atoms with Crippen LogP contribution in [0.3, 0.4) is 0 Å². The first-order valence-corrected chi connectivity index (χ1v) is 22.7. The molecule has 4 amide bonds. The number of methoxy groups -OCH3 is 2. The van der Waals surface area contributed by atoms with Crippen LogP contribution in [-0.4, -0.2) is 104 Å². The van der Waals surface area contributed by atoms with Gasteiger partial charge in [0.05, 0.1) is 50.1 Å². The number of ether oxygens (including phenoxy) is 2. The number of amides is 4. The zero-order valence-electron chi connectivity index (χ0n) is 36.1. The van der Waals surface area contributed by atoms with Crippen LogP contribution in [0.1, 0.15) is 101 Å². The molecule has 8 atom stereocenters. The van der Waals surface area contributed by atoms with Crippen LogP contribution in [0.5, 0.6) is 0 Å². The molecule has 2 saturated heterocycles. The predicted octanol–water partition coefficient (Wildman–Crippen LogP) is 6.43. The summed E-state index contributed by atoms with van der Waals surface area (Å²) in [5, 5.41) is 5.61. The Bertz CT molecular complexity index is 2270. The van der Waals surface area contributed by atoms with Gasteiger partial charge < -0.3 is 39.9 Å². The minimum Gasteiger partial charge on any atom is -0.453 e. The van der Waals surface area contributed by atoms with Crippen molar-refractivity contribution in [2.24, 2.45) is 23.7 Å². The number of nitrogens with zero attached hydrogens (tertiary/aromatic N) is 4. The predicted molar refractivity (Wildman–Crippen MR) is 232 cm³/mol. The maximum Gasteiger partial charge on any atom is 0.407 e. The largest absolute Gasteiger partial charge is 0.453 e. The highest BCUT2D eigenvalue weighted by atomic mass is 16.5. The highest BCUT2D eigenvalue weighted by molar-refractivity contribution is 5.89. The van der Waals surface area contributed by atoms with Crippen LogP contribution in [0.4, 0.5) is 9.59 Å². The van der Waals surface area contributed by atoms with E-state index in [-0.39, 0.29) is 59.4 Å². The number of benzene rings is 2. The molecular formula is C48H54N8O8. The van der Waals surface area contributed by atoms with Crippen molar-refractivity contribution in [1.82, 2.24) is 40.4 Å². The lowest BCUT2D eigenvalue weighted by Gasteiger charge is -2.35. The molecule has 10 rings (SSSR count). The molecule has 16 heteroatoms. The van der Waals surface area contributed by atoms with Crippen LogP contribution in [-0.2, 0) is 28.7 Å². The van der Waals surface area contributed by atoms with Crippen LogP contribution in [0.25, 0.3) is 33.6 Å². The highest BCUT2D eigenvalue weighted by Crippen LogP contribution is 2.55. The second kappa shape index (κ2) is 17.0. The summed E-state index contributed by atoms with van der Waals surface area (Å²) in [6.07, 6.45) is 9.64. The summed E-state index contributed by atoms with van der Waals surface area (Å²) in [6.45, 7) is 0. The van der Waals surface area contributed by atoms with Crippen LogP contribution < -0.4 is 10.6 Å². The number of fused-ring (bicyclic) bond motifs is 2. The number of alkyl carbamates (subject to hydrolysis) is 2. The van der Waals surface area contributed by atoms with Crippen molar-refractivity contribution in [3.05, 3.63) is 72.6 Å². The molecule has 16 nitrogen and oxygen atoms in total. The van der Waals surface area contributed by atoms with Gasteiger partial charge in [-0.05, 0) is 97.3 Å². The quantitative estimate of drug-likeness (QED) is 0.130. The average molecular weight is 871 g/mol. The van der Waals surface area contributed by atoms with Gasteiger partial charge in [-0.1, -0.05) is 48.5 Å². The monoisotopic (exact) mass is 870 g/mol. The Morgan fingerprint density at radius 2 is 0.938 bits per heavy atom. The summed E-state index contributed by atoms with van der Waals surface area (Å²) in [4.78, 5) is 97.6. The summed E-state index contributed by atoms with van der Waals surface area (Å²) in [6, 6.07) is 14.7. The number of aromatic nitrogens is 4. The van der Waals surface area contributed by atoms with Crippen molar-refractivity contribution in [3.8, 4) is 33.6 Å². The minimum atomic E-state index is -0.764. The van der Waals surface area contributed by atoms with Crippen LogP contribution in [0.2, 0.25) is 0 Å². The third-order valence-corrected chi connectivity index (χ3v) is 14.8. The van der Waals surface area contributed by atoms with Crippen LogP contribution in [0.15, 0.2) is 60.9 Å². The number of imidazole rings is 2. The first-order chi connectivity index (χ1) is 31.1. The Hall–Kier alpha value is -6.32. The molecule has 4 heterocycles. The van der Waals surface area contributed by atoms with E-state index >= 15 is 0 Å². The van der Waals surface area contributed by atoms with E-state index in [1.165, 1.54) is 14.2 Å². The summed E-state index contributed by atoms with van der Waals surface area (Å²) >= 11 is 0. The number of ketones is 2. The smallest absolute Gasteiger partial charge is 0.407 e. The number of nitrogens with one attached hydrogen (secondary N) is 4. The van der Waals surface area contributed by atoms with Gasteiger partial charge in [0.1, 0.15) is 35.3 Å². The third kappa shape index (κ3) is 8.06. The van der Waals surface area contributed by atoms with Crippen molar-refractivity contribution in [2.75, 3.05) is 14.2 Å². The number of piperidine rings is 2. The number of rotatable bonds is 11. The van der Waals surface area contributed by atoms with Gasteiger partial charge in [0.25, 0.3) is 0 Å². The number of aromatic amines is 2. The summed E-state index contributed by atoms with van der Waals surface area (Å²) in [7, 11) is 2.58. The maximum absolute atomic E-state index is 14.2. The van der Waals surface area contributed by atoms with Crippen LogP contribution >= 0.6 is 0 Å². The van der Waals surface area contributed by atoms with Crippen molar-refractivity contribution >= 4 is 35.6 Å². The molecule has 2 aliphatic heterocycles. The van der Waals surface area contributed by atoms with E-state index in [9.17, 15) is 28.8 Å². The molecular weight excluding hydrogens is 817 g/mol. The van der Waals surface area contributed by atoms with Crippen molar-refractivity contribution < 1.29 is 38.2 Å². The fraction of sp³-hybridized carbons (Fsp3) is 0.500. The lowest BCUT2D eigenvalue weighted by atomic mass is 9.82. The lowest BCUT2D eigenvalue weighted by Crippen LogP contribution is -2.53. The van der Waals surface area contributed by atoms with Gasteiger partial charge in [-0.15, -0.1) is 0 Å². The molecule has 6 fully saturated rings. The molecule has 64 heavy (non-hydrogen) atoms. The zero-order chi connectivity index (χ0) is 44.2. The molecule has 0 unspecified atom stereocenters. The number of hydrogen-bond donors (Lipinski definition) is 4. The Balaban J connectivity index is 0.803. The van der Waals surface area contributed by atoms with Gasteiger partial charge in [0, 0.05) is 37.8 Å². The van der Waals surface area contributed by atoms with Gasteiger partial charge in [0.15, 0.2) is 0 Å². The molecule has 0 bridgehead atoms. The molecule has 2 aromatic heterocycles. The van der Waals surface area contributed by atoms with Gasteiger partial charge >= 0.3 is 12.2 Å². The second-order valence-electron chi connectivity index (χ2n) is 18.6. The first kappa shape index (κ1) is 41.7. The Kier molecular flexibility index (Phi) is 11.1. The summed E-state index contributed by atoms with van der Waals surface area (Å²) in [5.41, 5.74) is 5.68.